The Morgan fingerprint density at radius 2 is 0.893 bits per heavy atom. The van der Waals surface area contributed by atoms with Gasteiger partial charge in [0.05, 0.1) is 31.3 Å². The van der Waals surface area contributed by atoms with E-state index in [1.807, 2.05) is 0 Å². The van der Waals surface area contributed by atoms with E-state index >= 15 is 0 Å². The third kappa shape index (κ3) is 22.0. The number of aliphatic hydroxyl groups is 1. The fraction of sp³-hybridized carbons (Fsp3) is 0.448. The second-order valence-corrected chi connectivity index (χ2v) is 11.2. The predicted molar refractivity (Wildman–Crippen MR) is 187 cm³/mol. The summed E-state index contributed by atoms with van der Waals surface area (Å²) in [4.78, 5) is 123. The van der Waals surface area contributed by atoms with Crippen molar-refractivity contribution >= 4 is 59.1 Å². The molecular formula is C29H52N10O17. The maximum Gasteiger partial charge on any atom is 0.281 e. The second-order valence-electron chi connectivity index (χ2n) is 11.2. The molecule has 0 aliphatic rings. The van der Waals surface area contributed by atoms with Crippen LogP contribution in [-0.2, 0) is 54.4 Å². The van der Waals surface area contributed by atoms with Crippen molar-refractivity contribution < 1.29 is 91.3 Å². The molecule has 56 heavy (non-hydrogen) atoms. The lowest BCUT2D eigenvalue weighted by atomic mass is 10.0. The summed E-state index contributed by atoms with van der Waals surface area (Å²) in [5.74, 6) is -11.8. The lowest BCUT2D eigenvalue weighted by Crippen LogP contribution is -2.70. The number of benzene rings is 1. The van der Waals surface area contributed by atoms with E-state index < -0.39 is 134 Å². The van der Waals surface area contributed by atoms with E-state index in [2.05, 4.69) is 32.3 Å². The molecule has 1 aromatic rings. The van der Waals surface area contributed by atoms with Gasteiger partial charge < -0.3 is 97.6 Å². The first-order valence-electron chi connectivity index (χ1n) is 15.2. The molecular weight excluding hydrogens is 760 g/mol. The third-order valence-corrected chi connectivity index (χ3v) is 6.90. The molecule has 0 saturated heterocycles. The third-order valence-electron chi connectivity index (χ3n) is 6.90. The molecule has 27 nitrogen and oxygen atoms in total. The summed E-state index contributed by atoms with van der Waals surface area (Å²) in [6, 6.07) is -1.99. The monoisotopic (exact) mass is 812 g/mol. The number of carboxylic acids is 1. The highest BCUT2D eigenvalue weighted by Crippen LogP contribution is 2.06. The van der Waals surface area contributed by atoms with E-state index in [0.717, 1.165) is 0 Å². The molecule has 6 atom stereocenters. The molecule has 0 saturated carbocycles. The minimum absolute atomic E-state index is 0. The molecule has 0 fully saturated rings. The van der Waals surface area contributed by atoms with Gasteiger partial charge in [0, 0.05) is 6.42 Å². The Morgan fingerprint density at radius 1 is 0.554 bits per heavy atom. The number of aliphatic carboxylic acids is 1. The molecule has 9 amide bonds. The van der Waals surface area contributed by atoms with Crippen LogP contribution >= 0.6 is 0 Å². The summed E-state index contributed by atoms with van der Waals surface area (Å²) in [7, 11) is 0. The zero-order chi connectivity index (χ0) is 38.8. The van der Waals surface area contributed by atoms with Crippen molar-refractivity contribution in [3.05, 3.63) is 35.9 Å². The Hall–Kier alpha value is -6.36. The van der Waals surface area contributed by atoms with Gasteiger partial charge in [0.25, 0.3) is 5.91 Å². The van der Waals surface area contributed by atoms with E-state index in [9.17, 15) is 53.1 Å². The maximum absolute atomic E-state index is 13.3. The first-order chi connectivity index (χ1) is 23.8. The lowest BCUT2D eigenvalue weighted by molar-refractivity contribution is -0.409. The van der Waals surface area contributed by atoms with Gasteiger partial charge in [0.15, 0.2) is 6.04 Å². The van der Waals surface area contributed by atoms with E-state index in [1.54, 1.807) is 30.3 Å². The van der Waals surface area contributed by atoms with Gasteiger partial charge in [-0.1, -0.05) is 30.3 Å². The van der Waals surface area contributed by atoms with Crippen LogP contribution in [-0.4, -0.2) is 134 Å². The van der Waals surface area contributed by atoms with Gasteiger partial charge in [0.1, 0.15) is 30.8 Å². The van der Waals surface area contributed by atoms with Gasteiger partial charge in [-0.25, -0.2) is 0 Å². The van der Waals surface area contributed by atoms with Gasteiger partial charge in [0.2, 0.25) is 47.3 Å². The number of primary amides is 4. The SMILES string of the molecule is NC(=O)CC[C@H](NC(=O)[C@H](CC(N)=O)NC(=O)[C@@H]([NH3+])CO)C(=O)N[C@@H](CC(N)=O)C(=O)N[C@@H](CC(N)=O)C(=O)N[C@@H](Cc1ccccc1)C(=O)[O-].O.O.O.O.O. The minimum atomic E-state index is -1.90. The molecule has 0 spiro atoms. The molecule has 27 N–H and O–H groups in total. The summed E-state index contributed by atoms with van der Waals surface area (Å²) in [5.41, 5.74) is 24.7. The van der Waals surface area contributed by atoms with Crippen molar-refractivity contribution in [3.8, 4) is 0 Å². The van der Waals surface area contributed by atoms with Crippen molar-refractivity contribution in [1.82, 2.24) is 26.6 Å². The highest BCUT2D eigenvalue weighted by Gasteiger charge is 2.34. The number of carbonyl (C=O) groups excluding carboxylic acids is 10. The van der Waals surface area contributed by atoms with Crippen molar-refractivity contribution in [3.63, 3.8) is 0 Å². The fourth-order valence-corrected chi connectivity index (χ4v) is 4.29. The number of nitrogens with one attached hydrogen (secondary N) is 5. The average molecular weight is 813 g/mol. The van der Waals surface area contributed by atoms with E-state index in [-0.39, 0.29) is 33.8 Å². The number of carboxylic acid groups (broad SMARTS) is 1. The zero-order valence-electron chi connectivity index (χ0n) is 29.8. The number of hydrogen-bond acceptors (Lipinski definition) is 12. The van der Waals surface area contributed by atoms with Crippen LogP contribution in [0.25, 0.3) is 0 Å². The number of nitrogens with two attached hydrogens (primary N) is 4. The fourth-order valence-electron chi connectivity index (χ4n) is 4.29. The Balaban J connectivity index is -0.00000173. The average Bonchev–Trinajstić information content (AvgIpc) is 3.04. The number of carbonyl (C=O) groups is 10. The van der Waals surface area contributed by atoms with Gasteiger partial charge in [-0.3, -0.25) is 43.2 Å². The minimum Gasteiger partial charge on any atom is -0.548 e. The standard InChI is InChI=1S/C29H42N10O12.5H2O/c30-14(12-40)24(45)36-16(9-21(32)42)26(47)35-15(6-7-20(31)41)25(46)37-17(10-22(33)43)27(48)38-18(11-23(34)44)28(49)39-19(29(50)51)8-13-4-2-1-3-5-13;;;;;/h1-5,14-19,40H,6-12,30H2,(H2,31,41)(H2,32,42)(H2,33,43)(H2,34,44)(H,35,47)(H,36,45)(H,37,46)(H,38,48)(H,39,49)(H,50,51);5*1H2/t14-,15-,16-,17-,18-,19-;;;;;/m0...../s1. The van der Waals surface area contributed by atoms with Crippen molar-refractivity contribution in [2.24, 2.45) is 22.9 Å². The van der Waals surface area contributed by atoms with Gasteiger partial charge in [-0.15, -0.1) is 0 Å². The molecule has 0 unspecified atom stereocenters. The summed E-state index contributed by atoms with van der Waals surface area (Å²) in [6.07, 6.45) is -3.84. The lowest BCUT2D eigenvalue weighted by Gasteiger charge is -2.27. The first-order valence-corrected chi connectivity index (χ1v) is 15.2. The van der Waals surface area contributed by atoms with E-state index in [1.165, 1.54) is 0 Å². The van der Waals surface area contributed by atoms with Crippen LogP contribution in [0.15, 0.2) is 30.3 Å². The Labute approximate surface area is 317 Å². The van der Waals surface area contributed by atoms with Gasteiger partial charge >= 0.3 is 0 Å². The molecule has 320 valence electrons. The smallest absolute Gasteiger partial charge is 0.281 e. The van der Waals surface area contributed by atoms with Crippen LogP contribution in [0.1, 0.15) is 37.7 Å². The zero-order valence-corrected chi connectivity index (χ0v) is 29.8. The van der Waals surface area contributed by atoms with Crippen molar-refractivity contribution in [2.45, 2.75) is 74.8 Å². The topological polar surface area (TPSA) is 563 Å². The highest BCUT2D eigenvalue weighted by molar-refractivity contribution is 5.99. The molecule has 0 bridgehead atoms. The van der Waals surface area contributed by atoms with E-state index in [4.69, 9.17) is 28.0 Å². The molecule has 1 rings (SSSR count). The van der Waals surface area contributed by atoms with Crippen molar-refractivity contribution in [1.29, 1.82) is 0 Å². The summed E-state index contributed by atoms with van der Waals surface area (Å²) >= 11 is 0. The molecule has 0 aliphatic heterocycles. The second kappa shape index (κ2) is 29.1. The Morgan fingerprint density at radius 3 is 1.23 bits per heavy atom. The van der Waals surface area contributed by atoms with E-state index in [0.29, 0.717) is 5.56 Å². The molecule has 0 radical (unpaired) electrons. The number of aliphatic hydroxyl groups excluding tert-OH is 1. The molecule has 0 heterocycles. The number of amides is 9. The Kier molecular flexibility index (Phi) is 30.6. The first kappa shape index (κ1) is 58.9. The quantitative estimate of drug-likeness (QED) is 0.0491. The summed E-state index contributed by atoms with van der Waals surface area (Å²) < 4.78 is 0. The Bertz CT molecular complexity index is 1480. The number of rotatable bonds is 23. The summed E-state index contributed by atoms with van der Waals surface area (Å²) in [6.45, 7) is -0.726. The molecule has 27 heteroatoms. The highest BCUT2D eigenvalue weighted by atomic mass is 16.4. The van der Waals surface area contributed by atoms with Gasteiger partial charge in [-0.2, -0.15) is 0 Å². The predicted octanol–water partition coefficient (Wildman–Crippen LogP) is -13.2. The molecule has 0 aliphatic carbocycles. The van der Waals surface area contributed by atoms with Crippen LogP contribution in [0.2, 0.25) is 0 Å². The molecule has 1 aromatic carbocycles. The van der Waals surface area contributed by atoms with Gasteiger partial charge in [-0.05, 0) is 18.4 Å². The molecule has 0 aromatic heterocycles. The number of hydrogen-bond donors (Lipinski definition) is 11. The number of quaternary nitrogens is 1. The van der Waals surface area contributed by atoms with Crippen LogP contribution in [0, 0.1) is 0 Å². The van der Waals surface area contributed by atoms with Crippen LogP contribution < -0.4 is 60.4 Å². The summed E-state index contributed by atoms with van der Waals surface area (Å²) in [5, 5.41) is 31.6. The maximum atomic E-state index is 13.3. The van der Waals surface area contributed by atoms with Crippen LogP contribution in [0.4, 0.5) is 0 Å². The van der Waals surface area contributed by atoms with Crippen LogP contribution in [0.3, 0.4) is 0 Å². The van der Waals surface area contributed by atoms with Crippen molar-refractivity contribution in [2.75, 3.05) is 6.61 Å². The van der Waals surface area contributed by atoms with Crippen LogP contribution in [0.5, 0.6) is 0 Å². The normalized spacial score (nSPS) is 12.9. The largest absolute Gasteiger partial charge is 0.548 e.